The van der Waals surface area contributed by atoms with Gasteiger partial charge in [0.05, 0.1) is 18.0 Å². The summed E-state index contributed by atoms with van der Waals surface area (Å²) in [4.78, 5) is 8.33. The van der Waals surface area contributed by atoms with E-state index in [4.69, 9.17) is 16.3 Å². The smallest absolute Gasteiger partial charge is 0.165 e. The van der Waals surface area contributed by atoms with Crippen LogP contribution in [0.15, 0.2) is 36.4 Å². The SMILES string of the molecule is COc1cc(-c2nc(Cl)c3c(F)cccc3n2)ccc1F. The first-order valence-corrected chi connectivity index (χ1v) is 6.43. The number of benzene rings is 2. The largest absolute Gasteiger partial charge is 0.494 e. The lowest BCUT2D eigenvalue weighted by Gasteiger charge is -2.07. The quantitative estimate of drug-likeness (QED) is 0.664. The van der Waals surface area contributed by atoms with Gasteiger partial charge in [0.2, 0.25) is 0 Å². The average Bonchev–Trinajstić information content (AvgIpc) is 2.47. The van der Waals surface area contributed by atoms with Gasteiger partial charge in [-0.3, -0.25) is 0 Å². The number of ether oxygens (including phenoxy) is 1. The number of aromatic nitrogens is 2. The lowest BCUT2D eigenvalue weighted by atomic mass is 10.1. The van der Waals surface area contributed by atoms with Crippen molar-refractivity contribution < 1.29 is 13.5 Å². The Hall–Kier alpha value is -2.27. The zero-order valence-corrected chi connectivity index (χ0v) is 11.7. The van der Waals surface area contributed by atoms with Crippen LogP contribution >= 0.6 is 11.6 Å². The highest BCUT2D eigenvalue weighted by Gasteiger charge is 2.13. The molecule has 6 heteroatoms. The van der Waals surface area contributed by atoms with Gasteiger partial charge in [-0.1, -0.05) is 17.7 Å². The molecule has 3 nitrogen and oxygen atoms in total. The lowest BCUT2D eigenvalue weighted by molar-refractivity contribution is 0.387. The van der Waals surface area contributed by atoms with Gasteiger partial charge < -0.3 is 4.74 Å². The maximum Gasteiger partial charge on any atom is 0.165 e. The van der Waals surface area contributed by atoms with Gasteiger partial charge in [-0.2, -0.15) is 0 Å². The molecule has 3 aromatic rings. The number of halogens is 3. The lowest BCUT2D eigenvalue weighted by Crippen LogP contribution is -1.95. The summed E-state index contributed by atoms with van der Waals surface area (Å²) in [5.41, 5.74) is 0.912. The van der Waals surface area contributed by atoms with E-state index in [2.05, 4.69) is 9.97 Å². The second kappa shape index (κ2) is 5.26. The molecule has 106 valence electrons. The molecule has 0 radical (unpaired) electrons. The first kappa shape index (κ1) is 13.7. The van der Waals surface area contributed by atoms with Crippen molar-refractivity contribution in [3.05, 3.63) is 53.2 Å². The summed E-state index contributed by atoms with van der Waals surface area (Å²) in [6.45, 7) is 0. The van der Waals surface area contributed by atoms with Crippen molar-refractivity contribution >= 4 is 22.5 Å². The van der Waals surface area contributed by atoms with Crippen molar-refractivity contribution in [2.75, 3.05) is 7.11 Å². The Bertz CT molecular complexity index is 839. The van der Waals surface area contributed by atoms with Gasteiger partial charge in [-0.25, -0.2) is 18.7 Å². The van der Waals surface area contributed by atoms with E-state index in [1.807, 2.05) is 0 Å². The molecule has 0 saturated heterocycles. The topological polar surface area (TPSA) is 35.0 Å². The Morgan fingerprint density at radius 2 is 1.86 bits per heavy atom. The first-order chi connectivity index (χ1) is 10.1. The third kappa shape index (κ3) is 2.40. The standard InChI is InChI=1S/C15H9ClF2N2O/c1-21-12-7-8(5-6-9(12)17)15-19-11-4-2-3-10(18)13(11)14(16)20-15/h2-7H,1H3. The van der Waals surface area contributed by atoms with Crippen molar-refractivity contribution in [3.63, 3.8) is 0 Å². The molecule has 0 saturated carbocycles. The summed E-state index contributed by atoms with van der Waals surface area (Å²) in [5.74, 6) is -0.622. The predicted octanol–water partition coefficient (Wildman–Crippen LogP) is 4.24. The number of fused-ring (bicyclic) bond motifs is 1. The minimum Gasteiger partial charge on any atom is -0.494 e. The van der Waals surface area contributed by atoms with Crippen molar-refractivity contribution in [3.8, 4) is 17.1 Å². The minimum atomic E-state index is -0.487. The van der Waals surface area contributed by atoms with Gasteiger partial charge in [0, 0.05) is 5.56 Å². The van der Waals surface area contributed by atoms with E-state index in [0.29, 0.717) is 11.1 Å². The predicted molar refractivity (Wildman–Crippen MR) is 76.5 cm³/mol. The molecule has 0 bridgehead atoms. The molecule has 0 aliphatic rings. The van der Waals surface area contributed by atoms with E-state index >= 15 is 0 Å². The van der Waals surface area contributed by atoms with Crippen LogP contribution in [0.2, 0.25) is 5.15 Å². The van der Waals surface area contributed by atoms with Crippen LogP contribution in [0.1, 0.15) is 0 Å². The zero-order chi connectivity index (χ0) is 15.0. The van der Waals surface area contributed by atoms with E-state index in [9.17, 15) is 8.78 Å². The first-order valence-electron chi connectivity index (χ1n) is 6.06. The number of hydrogen-bond acceptors (Lipinski definition) is 3. The Balaban J connectivity index is 2.22. The van der Waals surface area contributed by atoms with Crippen molar-refractivity contribution in [1.29, 1.82) is 0 Å². The fraction of sp³-hybridized carbons (Fsp3) is 0.0667. The summed E-state index contributed by atoms with van der Waals surface area (Å²) in [5, 5.41) is 0.174. The molecule has 21 heavy (non-hydrogen) atoms. The van der Waals surface area contributed by atoms with E-state index in [1.165, 1.54) is 37.4 Å². The van der Waals surface area contributed by atoms with Crippen molar-refractivity contribution in [2.45, 2.75) is 0 Å². The second-order valence-electron chi connectivity index (χ2n) is 4.32. The molecule has 1 heterocycles. The van der Waals surface area contributed by atoms with Gasteiger partial charge >= 0.3 is 0 Å². The van der Waals surface area contributed by atoms with Gasteiger partial charge in [0.15, 0.2) is 17.4 Å². The molecule has 0 aliphatic carbocycles. The molecule has 1 aromatic heterocycles. The van der Waals surface area contributed by atoms with E-state index in [-0.39, 0.29) is 22.1 Å². The van der Waals surface area contributed by atoms with Crippen molar-refractivity contribution in [1.82, 2.24) is 9.97 Å². The van der Waals surface area contributed by atoms with Crippen molar-refractivity contribution in [2.24, 2.45) is 0 Å². The summed E-state index contributed by atoms with van der Waals surface area (Å²) >= 11 is 6.03. The van der Waals surface area contributed by atoms with E-state index < -0.39 is 11.6 Å². The summed E-state index contributed by atoms with van der Waals surface area (Å²) in [7, 11) is 1.37. The van der Waals surface area contributed by atoms with Gasteiger partial charge in [-0.05, 0) is 30.3 Å². The monoisotopic (exact) mass is 306 g/mol. The van der Waals surface area contributed by atoms with Crippen LogP contribution in [0.25, 0.3) is 22.3 Å². The fourth-order valence-electron chi connectivity index (χ4n) is 2.03. The molecule has 3 rings (SSSR count). The molecular weight excluding hydrogens is 298 g/mol. The summed E-state index contributed by atoms with van der Waals surface area (Å²) in [6, 6.07) is 8.69. The van der Waals surface area contributed by atoms with Crippen LogP contribution in [0, 0.1) is 11.6 Å². The highest BCUT2D eigenvalue weighted by Crippen LogP contribution is 2.29. The number of hydrogen-bond donors (Lipinski definition) is 0. The molecular formula is C15H9ClF2N2O. The molecule has 0 unspecified atom stereocenters. The van der Waals surface area contributed by atoms with Crippen LogP contribution in [0.5, 0.6) is 5.75 Å². The van der Waals surface area contributed by atoms with Crippen LogP contribution < -0.4 is 4.74 Å². The van der Waals surface area contributed by atoms with Crippen LogP contribution in [-0.2, 0) is 0 Å². The van der Waals surface area contributed by atoms with Crippen LogP contribution in [0.3, 0.4) is 0 Å². The number of methoxy groups -OCH3 is 1. The summed E-state index contributed by atoms with van der Waals surface area (Å²) in [6.07, 6.45) is 0. The molecule has 0 spiro atoms. The zero-order valence-electron chi connectivity index (χ0n) is 10.9. The maximum absolute atomic E-state index is 13.7. The Morgan fingerprint density at radius 3 is 2.62 bits per heavy atom. The fourth-order valence-corrected chi connectivity index (χ4v) is 2.29. The highest BCUT2D eigenvalue weighted by molar-refractivity contribution is 6.34. The Labute approximate surface area is 124 Å². The van der Waals surface area contributed by atoms with Gasteiger partial charge in [-0.15, -0.1) is 0 Å². The van der Waals surface area contributed by atoms with Gasteiger partial charge in [0.25, 0.3) is 0 Å². The molecule has 0 aliphatic heterocycles. The summed E-state index contributed by atoms with van der Waals surface area (Å²) < 4.78 is 32.1. The number of rotatable bonds is 2. The molecule has 0 fully saturated rings. The average molecular weight is 307 g/mol. The molecule has 0 atom stereocenters. The minimum absolute atomic E-state index is 0.0105. The second-order valence-corrected chi connectivity index (χ2v) is 4.68. The van der Waals surface area contributed by atoms with E-state index in [0.717, 1.165) is 0 Å². The third-order valence-electron chi connectivity index (χ3n) is 3.04. The maximum atomic E-state index is 13.7. The Kier molecular flexibility index (Phi) is 3.43. The molecule has 2 aromatic carbocycles. The van der Waals surface area contributed by atoms with Gasteiger partial charge in [0.1, 0.15) is 11.0 Å². The highest BCUT2D eigenvalue weighted by atomic mass is 35.5. The Morgan fingerprint density at radius 1 is 1.05 bits per heavy atom. The third-order valence-corrected chi connectivity index (χ3v) is 3.31. The number of nitrogens with zero attached hydrogens (tertiary/aromatic N) is 2. The van der Waals surface area contributed by atoms with Crippen LogP contribution in [-0.4, -0.2) is 17.1 Å². The molecule has 0 N–H and O–H groups in total. The normalized spacial score (nSPS) is 10.9. The molecule has 0 amide bonds. The van der Waals surface area contributed by atoms with E-state index in [1.54, 1.807) is 6.07 Å². The van der Waals surface area contributed by atoms with Crippen LogP contribution in [0.4, 0.5) is 8.78 Å².